The second kappa shape index (κ2) is 32.1. The highest BCUT2D eigenvalue weighted by molar-refractivity contribution is 7.44. The second-order valence-electron chi connectivity index (χ2n) is 18.5. The molecule has 3 heterocycles. The molecule has 5 atom stereocenters. The topological polar surface area (TPSA) is 128 Å². The van der Waals surface area contributed by atoms with Crippen molar-refractivity contribution in [2.24, 2.45) is 0 Å². The Balaban J connectivity index is 1.67. The van der Waals surface area contributed by atoms with E-state index in [9.17, 15) is 14.9 Å². The third kappa shape index (κ3) is 20.4. The van der Waals surface area contributed by atoms with E-state index < -0.39 is 50.1 Å². The molecule has 0 amide bonds. The van der Waals surface area contributed by atoms with Gasteiger partial charge in [-0.25, -0.2) is 9.46 Å². The first-order valence-corrected chi connectivity index (χ1v) is 26.3. The predicted octanol–water partition coefficient (Wildman–Crippen LogP) is 13.2. The molecule has 1 aromatic heterocycles. The molecule has 0 saturated carbocycles. The van der Waals surface area contributed by atoms with Crippen LogP contribution in [0.25, 0.3) is 0 Å². The molecule has 2 fully saturated rings. The van der Waals surface area contributed by atoms with Crippen molar-refractivity contribution in [3.63, 3.8) is 0 Å². The van der Waals surface area contributed by atoms with E-state index in [1.54, 1.807) is 0 Å². The minimum absolute atomic E-state index is 0.150. The van der Waals surface area contributed by atoms with Crippen LogP contribution in [0.3, 0.4) is 0 Å². The van der Waals surface area contributed by atoms with Crippen molar-refractivity contribution >= 4 is 8.53 Å². The highest BCUT2D eigenvalue weighted by Gasteiger charge is 2.58. The summed E-state index contributed by atoms with van der Waals surface area (Å²) in [5, 5.41) is 9.23. The van der Waals surface area contributed by atoms with Gasteiger partial charge in [0.1, 0.15) is 18.3 Å². The van der Waals surface area contributed by atoms with Gasteiger partial charge in [0.25, 0.3) is 14.1 Å². The summed E-state index contributed by atoms with van der Waals surface area (Å²) in [7, 11) is -1.51. The van der Waals surface area contributed by atoms with Crippen LogP contribution in [0.5, 0.6) is 0 Å². The highest BCUT2D eigenvalue weighted by Crippen LogP contribution is 2.50. The summed E-state index contributed by atoms with van der Waals surface area (Å²) in [6.45, 7) is 13.4. The molecule has 2 aliphatic heterocycles. The smallest absolute Gasteiger partial charge is 0.330 e. The molecule has 352 valence electrons. The van der Waals surface area contributed by atoms with Gasteiger partial charge in [-0.2, -0.15) is 5.26 Å². The number of fused-ring (bicyclic) bond motifs is 1. The third-order valence-electron chi connectivity index (χ3n) is 12.4. The minimum Gasteiger partial charge on any atom is -0.346 e. The molecular formula is C49H89N4O7P. The summed E-state index contributed by atoms with van der Waals surface area (Å²) in [5.41, 5.74) is -0.999. The molecule has 3 rings (SSSR count). The number of H-pyrrole nitrogens is 1. The Morgan fingerprint density at radius 3 is 1.57 bits per heavy atom. The first-order chi connectivity index (χ1) is 29.7. The van der Waals surface area contributed by atoms with Gasteiger partial charge in [0.2, 0.25) is 0 Å². The van der Waals surface area contributed by atoms with Crippen LogP contribution in [0.4, 0.5) is 0 Å². The zero-order valence-corrected chi connectivity index (χ0v) is 40.6. The van der Waals surface area contributed by atoms with Crippen LogP contribution in [0.15, 0.2) is 21.9 Å². The standard InChI is InChI=1S/C49H89N4O7P/c1-7-9-11-13-15-17-19-21-23-25-27-29-31-35-49(36-32-30-28-26-24-22-20-18-16-14-12-10-8-2)59-45-43(40-57-61(56-39-33-37-50)53(41(3)4)42(5)6)58-47(46(45)60-49)52-38-34-44(54)51-48(52)55/h34,38,41-43,45-47H,7-33,35-36,39-40H2,1-6H3,(H,51,54,55)/t43-,45?,46+,47-,61?/m1/s1. The van der Waals surface area contributed by atoms with E-state index in [-0.39, 0.29) is 31.7 Å². The van der Waals surface area contributed by atoms with Crippen LogP contribution in [0.1, 0.15) is 234 Å². The van der Waals surface area contributed by atoms with Gasteiger partial charge < -0.3 is 23.3 Å². The number of hydrogen-bond acceptors (Lipinski definition) is 9. The molecule has 0 bridgehead atoms. The minimum atomic E-state index is -1.51. The maximum atomic E-state index is 13.2. The lowest BCUT2D eigenvalue weighted by molar-refractivity contribution is -0.227. The Bertz CT molecular complexity index is 1380. The number of nitriles is 1. The van der Waals surface area contributed by atoms with Crippen molar-refractivity contribution in [3.8, 4) is 6.07 Å². The lowest BCUT2D eigenvalue weighted by atomic mass is 9.98. The van der Waals surface area contributed by atoms with Gasteiger partial charge in [0.05, 0.1) is 25.7 Å². The van der Waals surface area contributed by atoms with Crippen molar-refractivity contribution in [1.82, 2.24) is 14.2 Å². The van der Waals surface area contributed by atoms with Crippen molar-refractivity contribution in [1.29, 1.82) is 5.26 Å². The van der Waals surface area contributed by atoms with Gasteiger partial charge in [-0.05, 0) is 40.5 Å². The number of rotatable bonds is 38. The van der Waals surface area contributed by atoms with Crippen molar-refractivity contribution < 1.29 is 23.3 Å². The summed E-state index contributed by atoms with van der Waals surface area (Å²) in [6.07, 6.45) is 34.6. The van der Waals surface area contributed by atoms with Gasteiger partial charge in [-0.3, -0.25) is 14.3 Å². The van der Waals surface area contributed by atoms with Crippen molar-refractivity contribution in [2.75, 3.05) is 13.2 Å². The SMILES string of the molecule is CCCCCCCCCCCCCCCC1(CCCCCCCCCCCCCCC)OC2[C@@H](COP(OCCC#N)N(C(C)C)C(C)C)O[C@@H](n3ccc(=O)[nH]c3=O)[C@H]2O1. The van der Waals surface area contributed by atoms with E-state index in [0.717, 1.165) is 38.5 Å². The zero-order chi connectivity index (χ0) is 44.1. The molecule has 2 unspecified atom stereocenters. The maximum Gasteiger partial charge on any atom is 0.330 e. The van der Waals surface area contributed by atoms with E-state index in [4.69, 9.17) is 23.3 Å². The molecule has 2 aliphatic rings. The zero-order valence-electron chi connectivity index (χ0n) is 39.7. The van der Waals surface area contributed by atoms with Crippen LogP contribution in [0, 0.1) is 11.3 Å². The number of aromatic amines is 1. The molecule has 12 heteroatoms. The van der Waals surface area contributed by atoms with E-state index >= 15 is 0 Å². The molecular weight excluding hydrogens is 788 g/mol. The second-order valence-corrected chi connectivity index (χ2v) is 19.9. The van der Waals surface area contributed by atoms with E-state index in [1.807, 2.05) is 0 Å². The van der Waals surface area contributed by atoms with Gasteiger partial charge in [0.15, 0.2) is 12.0 Å². The number of unbranched alkanes of at least 4 members (excludes halogenated alkanes) is 24. The van der Waals surface area contributed by atoms with E-state index in [0.29, 0.717) is 0 Å². The van der Waals surface area contributed by atoms with Crippen LogP contribution >= 0.6 is 8.53 Å². The normalized spacial score (nSPS) is 20.3. The van der Waals surface area contributed by atoms with Crippen molar-refractivity contribution in [2.45, 2.75) is 270 Å². The van der Waals surface area contributed by atoms with Crippen molar-refractivity contribution in [3.05, 3.63) is 33.1 Å². The largest absolute Gasteiger partial charge is 0.346 e. The first-order valence-electron chi connectivity index (χ1n) is 25.2. The number of nitrogens with one attached hydrogen (secondary N) is 1. The quantitative estimate of drug-likeness (QED) is 0.0510. The number of nitrogens with zero attached hydrogens (tertiary/aromatic N) is 3. The monoisotopic (exact) mass is 877 g/mol. The van der Waals surface area contributed by atoms with Crippen LogP contribution in [-0.2, 0) is 23.3 Å². The molecule has 11 nitrogen and oxygen atoms in total. The third-order valence-corrected chi connectivity index (χ3v) is 14.5. The molecule has 61 heavy (non-hydrogen) atoms. The Morgan fingerprint density at radius 2 is 1.15 bits per heavy atom. The Hall–Kier alpha value is -1.64. The molecule has 0 spiro atoms. The first kappa shape index (κ1) is 53.7. The van der Waals surface area contributed by atoms with E-state index in [1.165, 1.54) is 158 Å². The van der Waals surface area contributed by atoms with Gasteiger partial charge in [0, 0.05) is 37.2 Å². The van der Waals surface area contributed by atoms with Gasteiger partial charge in [-0.1, -0.05) is 168 Å². The molecule has 1 aromatic rings. The summed E-state index contributed by atoms with van der Waals surface area (Å²) < 4.78 is 37.2. The van der Waals surface area contributed by atoms with Crippen LogP contribution < -0.4 is 11.2 Å². The van der Waals surface area contributed by atoms with Crippen LogP contribution in [0.2, 0.25) is 0 Å². The molecule has 0 radical (unpaired) electrons. The lowest BCUT2D eigenvalue weighted by Gasteiger charge is -2.36. The Morgan fingerprint density at radius 1 is 0.705 bits per heavy atom. The Kier molecular flexibility index (Phi) is 28.2. The maximum absolute atomic E-state index is 13.2. The van der Waals surface area contributed by atoms with Gasteiger partial charge >= 0.3 is 5.69 Å². The fourth-order valence-corrected chi connectivity index (χ4v) is 10.7. The lowest BCUT2D eigenvalue weighted by Crippen LogP contribution is -2.38. The summed E-state index contributed by atoms with van der Waals surface area (Å²) >= 11 is 0. The fourth-order valence-electron chi connectivity index (χ4n) is 9.12. The summed E-state index contributed by atoms with van der Waals surface area (Å²) in [6, 6.07) is 3.82. The fraction of sp³-hybridized carbons (Fsp3) is 0.898. The number of hydrogen-bond donors (Lipinski definition) is 1. The average Bonchev–Trinajstić information content (AvgIpc) is 3.76. The Labute approximate surface area is 372 Å². The van der Waals surface area contributed by atoms with E-state index in [2.05, 4.69) is 57.3 Å². The predicted molar refractivity (Wildman–Crippen MR) is 249 cm³/mol. The number of ether oxygens (including phenoxy) is 3. The molecule has 2 saturated heterocycles. The molecule has 1 N–H and O–H groups in total. The van der Waals surface area contributed by atoms with Gasteiger partial charge in [-0.15, -0.1) is 0 Å². The average molecular weight is 877 g/mol. The van der Waals surface area contributed by atoms with Crippen LogP contribution in [-0.4, -0.2) is 63.6 Å². The highest BCUT2D eigenvalue weighted by atomic mass is 31.2. The summed E-state index contributed by atoms with van der Waals surface area (Å²) in [5.74, 6) is -0.785. The molecule has 0 aromatic carbocycles. The molecule has 0 aliphatic carbocycles. The number of aromatic nitrogens is 2. The summed E-state index contributed by atoms with van der Waals surface area (Å²) in [4.78, 5) is 27.7.